The number of carbonyl (C=O) groups is 2. The summed E-state index contributed by atoms with van der Waals surface area (Å²) in [5.74, 6) is -0.465. The number of aryl methyl sites for hydroxylation is 1. The average molecular weight is 440 g/mol. The summed E-state index contributed by atoms with van der Waals surface area (Å²) in [6.45, 7) is 2.87. The lowest BCUT2D eigenvalue weighted by Gasteiger charge is -2.19. The van der Waals surface area contributed by atoms with Crippen LogP contribution in [-0.2, 0) is 6.42 Å². The largest absolute Gasteiger partial charge is 0.326 e. The van der Waals surface area contributed by atoms with Crippen molar-refractivity contribution in [1.82, 2.24) is 15.8 Å². The molecule has 1 aromatic heterocycles. The van der Waals surface area contributed by atoms with Crippen molar-refractivity contribution in [2.24, 2.45) is 0 Å². The molecule has 5 rings (SSSR count). The summed E-state index contributed by atoms with van der Waals surface area (Å²) < 4.78 is 13.0. The second-order valence-corrected chi connectivity index (χ2v) is 8.03. The molecule has 7 heteroatoms. The number of hydrazine groups is 1. The van der Waals surface area contributed by atoms with Gasteiger partial charge < -0.3 is 4.90 Å². The molecule has 0 aliphatic carbocycles. The molecule has 0 unspecified atom stereocenters. The normalized spacial score (nSPS) is 12.5. The van der Waals surface area contributed by atoms with Crippen LogP contribution in [0, 0.1) is 12.7 Å². The molecular formula is C26H21FN4O2. The van der Waals surface area contributed by atoms with E-state index in [1.54, 1.807) is 12.1 Å². The Kier molecular flexibility index (Phi) is 5.22. The zero-order chi connectivity index (χ0) is 22.9. The maximum Gasteiger partial charge on any atom is 0.269 e. The first-order valence-electron chi connectivity index (χ1n) is 10.6. The highest BCUT2D eigenvalue weighted by molar-refractivity contribution is 5.99. The summed E-state index contributed by atoms with van der Waals surface area (Å²) in [4.78, 5) is 31.6. The van der Waals surface area contributed by atoms with E-state index >= 15 is 0 Å². The number of pyridine rings is 1. The third-order valence-corrected chi connectivity index (χ3v) is 5.73. The van der Waals surface area contributed by atoms with Crippen molar-refractivity contribution in [3.8, 4) is 0 Å². The van der Waals surface area contributed by atoms with E-state index in [0.29, 0.717) is 5.56 Å². The van der Waals surface area contributed by atoms with Crippen molar-refractivity contribution < 1.29 is 14.0 Å². The topological polar surface area (TPSA) is 74.3 Å². The van der Waals surface area contributed by atoms with Gasteiger partial charge in [-0.1, -0.05) is 12.1 Å². The van der Waals surface area contributed by atoms with Gasteiger partial charge in [0.2, 0.25) is 0 Å². The Morgan fingerprint density at radius 2 is 1.52 bits per heavy atom. The van der Waals surface area contributed by atoms with Crippen LogP contribution in [0.25, 0.3) is 10.9 Å². The Morgan fingerprint density at radius 3 is 2.18 bits per heavy atom. The van der Waals surface area contributed by atoms with Crippen molar-refractivity contribution in [1.29, 1.82) is 0 Å². The highest BCUT2D eigenvalue weighted by Crippen LogP contribution is 2.35. The van der Waals surface area contributed by atoms with Crippen molar-refractivity contribution in [3.05, 3.63) is 101 Å². The number of hydrogen-bond acceptors (Lipinski definition) is 4. The molecule has 0 saturated heterocycles. The number of nitrogens with one attached hydrogen (secondary N) is 2. The maximum atomic E-state index is 13.0. The quantitative estimate of drug-likeness (QED) is 0.462. The lowest BCUT2D eigenvalue weighted by molar-refractivity contribution is 0.0846. The Morgan fingerprint density at radius 1 is 0.879 bits per heavy atom. The molecule has 3 aromatic carbocycles. The Balaban J connectivity index is 1.29. The number of aromatic nitrogens is 1. The summed E-state index contributed by atoms with van der Waals surface area (Å²) in [5.41, 5.74) is 9.66. The summed E-state index contributed by atoms with van der Waals surface area (Å²) in [6, 6.07) is 20.7. The van der Waals surface area contributed by atoms with Crippen LogP contribution in [0.4, 0.5) is 15.9 Å². The Bertz CT molecular complexity index is 1370. The maximum absolute atomic E-state index is 13.0. The van der Waals surface area contributed by atoms with Crippen molar-refractivity contribution in [2.75, 3.05) is 11.4 Å². The van der Waals surface area contributed by atoms with Gasteiger partial charge in [-0.3, -0.25) is 20.4 Å². The number of anilines is 2. The molecule has 4 aromatic rings. The number of amides is 2. The lowest BCUT2D eigenvalue weighted by atomic mass is 10.1. The first-order valence-corrected chi connectivity index (χ1v) is 10.6. The summed E-state index contributed by atoms with van der Waals surface area (Å²) in [7, 11) is 0. The van der Waals surface area contributed by atoms with Gasteiger partial charge in [-0.25, -0.2) is 9.37 Å². The van der Waals surface area contributed by atoms with Crippen molar-refractivity contribution >= 4 is 34.2 Å². The molecule has 2 amide bonds. The standard InChI is InChI=1S/C26H21FN4O2/c1-16-2-3-19-15-20-12-13-31(24(20)28-23(19)14-16)22-10-6-18(7-11-22)26(33)30-29-25(32)17-4-8-21(27)9-5-17/h2-11,14-15H,12-13H2,1H3,(H,29,32)(H,30,33). The molecule has 0 spiro atoms. The zero-order valence-corrected chi connectivity index (χ0v) is 17.9. The molecule has 0 bridgehead atoms. The fourth-order valence-corrected chi connectivity index (χ4v) is 3.97. The summed E-state index contributed by atoms with van der Waals surface area (Å²) in [6.07, 6.45) is 0.907. The second-order valence-electron chi connectivity index (χ2n) is 8.03. The van der Waals surface area contributed by atoms with Gasteiger partial charge in [0.1, 0.15) is 11.6 Å². The Hall–Kier alpha value is -4.26. The second kappa shape index (κ2) is 8.35. The summed E-state index contributed by atoms with van der Waals surface area (Å²) in [5, 5.41) is 1.14. The van der Waals surface area contributed by atoms with Crippen LogP contribution in [0.2, 0.25) is 0 Å². The van der Waals surface area contributed by atoms with Gasteiger partial charge in [0, 0.05) is 28.7 Å². The molecule has 0 saturated carbocycles. The van der Waals surface area contributed by atoms with E-state index in [9.17, 15) is 14.0 Å². The van der Waals surface area contributed by atoms with E-state index in [-0.39, 0.29) is 5.56 Å². The van der Waals surface area contributed by atoms with E-state index in [1.165, 1.54) is 35.4 Å². The van der Waals surface area contributed by atoms with Crippen LogP contribution >= 0.6 is 0 Å². The number of carbonyl (C=O) groups excluding carboxylic acids is 2. The van der Waals surface area contributed by atoms with Crippen LogP contribution in [0.1, 0.15) is 31.8 Å². The SMILES string of the molecule is Cc1ccc2cc3c(nc2c1)N(c1ccc(C(=O)NNC(=O)c2ccc(F)cc2)cc1)CC3. The number of fused-ring (bicyclic) bond motifs is 2. The lowest BCUT2D eigenvalue weighted by Crippen LogP contribution is -2.41. The van der Waals surface area contributed by atoms with Gasteiger partial charge in [-0.15, -0.1) is 0 Å². The van der Waals surface area contributed by atoms with Crippen LogP contribution in [-0.4, -0.2) is 23.3 Å². The van der Waals surface area contributed by atoms with Crippen LogP contribution < -0.4 is 15.8 Å². The highest BCUT2D eigenvalue weighted by Gasteiger charge is 2.23. The minimum atomic E-state index is -0.526. The predicted octanol–water partition coefficient (Wildman–Crippen LogP) is 4.45. The van der Waals surface area contributed by atoms with Gasteiger partial charge >= 0.3 is 0 Å². The van der Waals surface area contributed by atoms with E-state index in [2.05, 4.69) is 46.9 Å². The first-order chi connectivity index (χ1) is 16.0. The third kappa shape index (κ3) is 4.13. The van der Waals surface area contributed by atoms with E-state index < -0.39 is 17.6 Å². The molecule has 1 aliphatic rings. The predicted molar refractivity (Wildman–Crippen MR) is 125 cm³/mol. The van der Waals surface area contributed by atoms with Crippen molar-refractivity contribution in [3.63, 3.8) is 0 Å². The number of rotatable bonds is 3. The molecule has 33 heavy (non-hydrogen) atoms. The molecule has 0 radical (unpaired) electrons. The van der Waals surface area contributed by atoms with Crippen LogP contribution in [0.3, 0.4) is 0 Å². The van der Waals surface area contributed by atoms with Gasteiger partial charge in [0.05, 0.1) is 5.52 Å². The number of benzene rings is 3. The molecular weight excluding hydrogens is 419 g/mol. The average Bonchev–Trinajstić information content (AvgIpc) is 3.24. The van der Waals surface area contributed by atoms with Gasteiger partial charge in [-0.05, 0) is 85.1 Å². The molecule has 1 aliphatic heterocycles. The van der Waals surface area contributed by atoms with Crippen molar-refractivity contribution in [2.45, 2.75) is 13.3 Å². The fourth-order valence-electron chi connectivity index (χ4n) is 3.97. The van der Waals surface area contributed by atoms with E-state index in [1.807, 2.05) is 12.1 Å². The fraction of sp³-hybridized carbons (Fsp3) is 0.115. The van der Waals surface area contributed by atoms with Crippen LogP contribution in [0.5, 0.6) is 0 Å². The first kappa shape index (κ1) is 20.6. The molecule has 2 heterocycles. The van der Waals surface area contributed by atoms with Gasteiger partial charge in [-0.2, -0.15) is 0 Å². The van der Waals surface area contributed by atoms with Gasteiger partial charge in [0.25, 0.3) is 11.8 Å². The zero-order valence-electron chi connectivity index (χ0n) is 17.9. The van der Waals surface area contributed by atoms with Crippen LogP contribution in [0.15, 0.2) is 72.8 Å². The highest BCUT2D eigenvalue weighted by atomic mass is 19.1. The minimum Gasteiger partial charge on any atom is -0.326 e. The third-order valence-electron chi connectivity index (χ3n) is 5.73. The number of nitrogens with zero attached hydrogens (tertiary/aromatic N) is 2. The molecule has 0 atom stereocenters. The number of hydrogen-bond donors (Lipinski definition) is 2. The van der Waals surface area contributed by atoms with E-state index in [4.69, 9.17) is 4.98 Å². The smallest absolute Gasteiger partial charge is 0.269 e. The Labute approximate surface area is 190 Å². The number of halogens is 1. The summed E-state index contributed by atoms with van der Waals surface area (Å²) >= 11 is 0. The minimum absolute atomic E-state index is 0.245. The monoisotopic (exact) mass is 440 g/mol. The van der Waals surface area contributed by atoms with E-state index in [0.717, 1.165) is 35.4 Å². The molecule has 2 N–H and O–H groups in total. The molecule has 164 valence electrons. The molecule has 0 fully saturated rings. The molecule has 6 nitrogen and oxygen atoms in total. The van der Waals surface area contributed by atoms with Gasteiger partial charge in [0.15, 0.2) is 0 Å².